The summed E-state index contributed by atoms with van der Waals surface area (Å²) in [6.07, 6.45) is 8.57. The monoisotopic (exact) mass is 238 g/mol. The minimum atomic E-state index is 0.00848. The number of hydrogen-bond acceptors (Lipinski definition) is 2. The summed E-state index contributed by atoms with van der Waals surface area (Å²) in [6, 6.07) is 7.66. The zero-order valence-corrected chi connectivity index (χ0v) is 10.0. The van der Waals surface area contributed by atoms with E-state index in [0.717, 1.165) is 29.9 Å². The van der Waals surface area contributed by atoms with E-state index in [9.17, 15) is 4.79 Å². The van der Waals surface area contributed by atoms with E-state index in [4.69, 9.17) is 0 Å². The number of aliphatic imine (C=N–C) groups is 1. The molecular formula is C15H14N2O. The Morgan fingerprint density at radius 3 is 2.94 bits per heavy atom. The molecule has 0 radical (unpaired) electrons. The van der Waals surface area contributed by atoms with Crippen LogP contribution in [0.1, 0.15) is 19.3 Å². The topological polar surface area (TPSA) is 41.5 Å². The fourth-order valence-electron chi connectivity index (χ4n) is 2.24. The molecule has 0 saturated carbocycles. The van der Waals surface area contributed by atoms with Crippen molar-refractivity contribution in [3.05, 3.63) is 48.1 Å². The summed E-state index contributed by atoms with van der Waals surface area (Å²) in [4.78, 5) is 16.5. The Labute approximate surface area is 106 Å². The molecule has 3 heteroatoms. The highest BCUT2D eigenvalue weighted by Gasteiger charge is 2.18. The number of rotatable bonds is 1. The van der Waals surface area contributed by atoms with Crippen LogP contribution >= 0.6 is 0 Å². The number of amides is 1. The van der Waals surface area contributed by atoms with Gasteiger partial charge >= 0.3 is 0 Å². The van der Waals surface area contributed by atoms with E-state index in [0.29, 0.717) is 6.42 Å². The average Bonchev–Trinajstić information content (AvgIpc) is 2.57. The van der Waals surface area contributed by atoms with Gasteiger partial charge in [-0.05, 0) is 30.5 Å². The number of para-hydroxylation sites is 2. The summed E-state index contributed by atoms with van der Waals surface area (Å²) < 4.78 is 0. The summed E-state index contributed by atoms with van der Waals surface area (Å²) in [5.74, 6) is 0.00848. The second-order valence-electron chi connectivity index (χ2n) is 4.46. The number of nitrogens with one attached hydrogen (secondary N) is 1. The lowest BCUT2D eigenvalue weighted by atomic mass is 9.98. The first-order valence-electron chi connectivity index (χ1n) is 6.15. The lowest BCUT2D eigenvalue weighted by Crippen LogP contribution is -2.16. The minimum absolute atomic E-state index is 0.00848. The van der Waals surface area contributed by atoms with Gasteiger partial charge in [-0.3, -0.25) is 9.79 Å². The van der Waals surface area contributed by atoms with Crippen LogP contribution in [0.4, 0.5) is 11.4 Å². The molecule has 0 unspecified atom stereocenters. The maximum Gasteiger partial charge on any atom is 0.230 e. The Morgan fingerprint density at radius 1 is 1.22 bits per heavy atom. The van der Waals surface area contributed by atoms with Gasteiger partial charge in [-0.1, -0.05) is 30.4 Å². The zero-order chi connectivity index (χ0) is 12.4. The van der Waals surface area contributed by atoms with Crippen LogP contribution in [0, 0.1) is 0 Å². The van der Waals surface area contributed by atoms with Crippen molar-refractivity contribution in [1.82, 2.24) is 0 Å². The Morgan fingerprint density at radius 2 is 2.11 bits per heavy atom. The van der Waals surface area contributed by atoms with Gasteiger partial charge in [0.2, 0.25) is 5.91 Å². The molecule has 1 aliphatic heterocycles. The molecule has 1 heterocycles. The molecule has 90 valence electrons. The molecule has 0 atom stereocenters. The van der Waals surface area contributed by atoms with Gasteiger partial charge in [-0.2, -0.15) is 0 Å². The third-order valence-corrected chi connectivity index (χ3v) is 3.15. The van der Waals surface area contributed by atoms with Crippen molar-refractivity contribution in [2.24, 2.45) is 4.99 Å². The molecule has 0 bridgehead atoms. The number of hydrogen-bond donors (Lipinski definition) is 1. The predicted molar refractivity (Wildman–Crippen MR) is 73.2 cm³/mol. The first-order valence-corrected chi connectivity index (χ1v) is 6.15. The largest absolute Gasteiger partial charge is 0.324 e. The maximum absolute atomic E-state index is 11.9. The number of fused-ring (bicyclic) bond motifs is 1. The lowest BCUT2D eigenvalue weighted by Gasteiger charge is -2.10. The van der Waals surface area contributed by atoms with Crippen LogP contribution < -0.4 is 5.32 Å². The summed E-state index contributed by atoms with van der Waals surface area (Å²) in [6.45, 7) is 0. The van der Waals surface area contributed by atoms with Gasteiger partial charge in [-0.25, -0.2) is 0 Å². The Hall–Kier alpha value is -2.16. The van der Waals surface area contributed by atoms with Crippen molar-refractivity contribution in [3.63, 3.8) is 0 Å². The molecule has 18 heavy (non-hydrogen) atoms. The summed E-state index contributed by atoms with van der Waals surface area (Å²) in [7, 11) is 0. The van der Waals surface area contributed by atoms with Gasteiger partial charge in [0.15, 0.2) is 0 Å². The van der Waals surface area contributed by atoms with Crippen LogP contribution in [0.3, 0.4) is 0 Å². The number of benzene rings is 1. The normalized spacial score (nSPS) is 18.3. The minimum Gasteiger partial charge on any atom is -0.324 e. The molecule has 1 amide bonds. The van der Waals surface area contributed by atoms with Crippen molar-refractivity contribution < 1.29 is 4.79 Å². The van der Waals surface area contributed by atoms with Crippen molar-refractivity contribution in [1.29, 1.82) is 0 Å². The number of carbonyl (C=O) groups is 1. The lowest BCUT2D eigenvalue weighted by molar-refractivity contribution is -0.115. The van der Waals surface area contributed by atoms with Crippen LogP contribution in [-0.4, -0.2) is 11.6 Å². The van der Waals surface area contributed by atoms with E-state index in [1.807, 2.05) is 30.3 Å². The Balaban J connectivity index is 2.04. The van der Waals surface area contributed by atoms with Gasteiger partial charge in [0, 0.05) is 0 Å². The molecule has 1 aromatic rings. The summed E-state index contributed by atoms with van der Waals surface area (Å²) in [5, 5.41) is 2.89. The van der Waals surface area contributed by atoms with E-state index < -0.39 is 0 Å². The fraction of sp³-hybridized carbons (Fsp3) is 0.200. The second-order valence-corrected chi connectivity index (χ2v) is 4.46. The highest BCUT2D eigenvalue weighted by molar-refractivity contribution is 6.16. The standard InChI is InChI=1S/C15H14N2O/c18-15-10-14(11-6-2-1-3-7-11)16-12-8-4-5-9-13(12)17-15/h1-2,4-6,8-9H,3,7,10H2,(H,17,18). The van der Waals surface area contributed by atoms with Crippen LogP contribution in [0.5, 0.6) is 0 Å². The molecule has 1 aromatic carbocycles. The highest BCUT2D eigenvalue weighted by Crippen LogP contribution is 2.29. The molecule has 1 aliphatic carbocycles. The zero-order valence-electron chi connectivity index (χ0n) is 10.0. The van der Waals surface area contributed by atoms with E-state index >= 15 is 0 Å². The van der Waals surface area contributed by atoms with E-state index in [1.54, 1.807) is 0 Å². The first kappa shape index (κ1) is 11.0. The average molecular weight is 238 g/mol. The van der Waals surface area contributed by atoms with Crippen molar-refractivity contribution in [2.45, 2.75) is 19.3 Å². The number of carbonyl (C=O) groups excluding carboxylic acids is 1. The Bertz CT molecular complexity index is 582. The number of anilines is 1. The summed E-state index contributed by atoms with van der Waals surface area (Å²) in [5.41, 5.74) is 3.70. The number of allylic oxidation sites excluding steroid dienone is 4. The Kier molecular flexibility index (Phi) is 2.81. The molecule has 1 N–H and O–H groups in total. The molecular weight excluding hydrogens is 224 g/mol. The SMILES string of the molecule is O=C1CC(C2=CC=CCC2)=Nc2ccccc2N1. The van der Waals surface area contributed by atoms with E-state index in [1.165, 1.54) is 5.57 Å². The van der Waals surface area contributed by atoms with E-state index in [2.05, 4.69) is 22.5 Å². The molecule has 2 aliphatic rings. The van der Waals surface area contributed by atoms with E-state index in [-0.39, 0.29) is 5.91 Å². The fourth-order valence-corrected chi connectivity index (χ4v) is 2.24. The summed E-state index contributed by atoms with van der Waals surface area (Å²) >= 11 is 0. The van der Waals surface area contributed by atoms with Gasteiger partial charge < -0.3 is 5.32 Å². The molecule has 0 saturated heterocycles. The highest BCUT2D eigenvalue weighted by atomic mass is 16.1. The maximum atomic E-state index is 11.9. The van der Waals surface area contributed by atoms with Gasteiger partial charge in [0.25, 0.3) is 0 Å². The van der Waals surface area contributed by atoms with Gasteiger partial charge in [0.05, 0.1) is 23.5 Å². The molecule has 0 fully saturated rings. The van der Waals surface area contributed by atoms with Crippen LogP contribution in [0.25, 0.3) is 0 Å². The molecule has 0 aromatic heterocycles. The van der Waals surface area contributed by atoms with Crippen molar-refractivity contribution in [2.75, 3.05) is 5.32 Å². The van der Waals surface area contributed by atoms with Gasteiger partial charge in [0.1, 0.15) is 0 Å². The second kappa shape index (κ2) is 4.61. The molecule has 3 nitrogen and oxygen atoms in total. The quantitative estimate of drug-likeness (QED) is 0.800. The number of nitrogens with zero attached hydrogens (tertiary/aromatic N) is 1. The van der Waals surface area contributed by atoms with Gasteiger partial charge in [-0.15, -0.1) is 0 Å². The van der Waals surface area contributed by atoms with Crippen LogP contribution in [0.2, 0.25) is 0 Å². The smallest absolute Gasteiger partial charge is 0.230 e. The first-order chi connectivity index (χ1) is 8.83. The predicted octanol–water partition coefficient (Wildman–Crippen LogP) is 3.38. The third-order valence-electron chi connectivity index (χ3n) is 3.15. The third kappa shape index (κ3) is 2.12. The van der Waals surface area contributed by atoms with Crippen LogP contribution in [0.15, 0.2) is 53.1 Å². The molecule has 3 rings (SSSR count). The van der Waals surface area contributed by atoms with Crippen molar-refractivity contribution in [3.8, 4) is 0 Å². The van der Waals surface area contributed by atoms with Crippen molar-refractivity contribution >= 4 is 23.0 Å². The molecule has 0 spiro atoms. The van der Waals surface area contributed by atoms with Crippen LogP contribution in [-0.2, 0) is 4.79 Å².